The lowest BCUT2D eigenvalue weighted by atomic mass is 10.1. The number of amides is 1. The van der Waals surface area contributed by atoms with E-state index in [2.05, 4.69) is 5.32 Å². The summed E-state index contributed by atoms with van der Waals surface area (Å²) in [6.07, 6.45) is 0.450. The van der Waals surface area contributed by atoms with E-state index in [4.69, 9.17) is 14.2 Å². The van der Waals surface area contributed by atoms with Crippen molar-refractivity contribution >= 4 is 5.91 Å². The molecule has 0 heterocycles. The van der Waals surface area contributed by atoms with E-state index in [0.717, 1.165) is 12.1 Å². The second kappa shape index (κ2) is 9.03. The molecule has 2 rings (SSSR count). The summed E-state index contributed by atoms with van der Waals surface area (Å²) in [6.45, 7) is 0.201. The highest BCUT2D eigenvalue weighted by atomic mass is 19.2. The minimum Gasteiger partial charge on any atom is -0.496 e. The summed E-state index contributed by atoms with van der Waals surface area (Å²) in [5, 5.41) is 2.77. The van der Waals surface area contributed by atoms with Gasteiger partial charge >= 0.3 is 0 Å². The third kappa shape index (κ3) is 4.84. The van der Waals surface area contributed by atoms with Gasteiger partial charge in [-0.3, -0.25) is 4.79 Å². The number of rotatable bonds is 8. The number of nitrogens with one attached hydrogen (secondary N) is 1. The van der Waals surface area contributed by atoms with Gasteiger partial charge in [0.05, 0.1) is 33.4 Å². The monoisotopic (exact) mass is 365 g/mol. The molecule has 0 aliphatic heterocycles. The first kappa shape index (κ1) is 19.5. The molecule has 5 nitrogen and oxygen atoms in total. The molecule has 0 spiro atoms. The third-order valence-corrected chi connectivity index (χ3v) is 3.90. The van der Waals surface area contributed by atoms with Crippen molar-refractivity contribution in [2.75, 3.05) is 21.3 Å². The standard InChI is InChI=1S/C19H21F2NO4/c1-24-13-9-17(25-2)14(18(10-13)26-3)11-22-19(23)7-5-12-4-6-15(20)16(21)8-12/h4,6,8-10H,5,7,11H2,1-3H3,(H,22,23). The molecular weight excluding hydrogens is 344 g/mol. The Hall–Kier alpha value is -2.83. The highest BCUT2D eigenvalue weighted by molar-refractivity contribution is 5.76. The molecule has 0 unspecified atom stereocenters. The van der Waals surface area contributed by atoms with Crippen molar-refractivity contribution in [2.24, 2.45) is 0 Å². The topological polar surface area (TPSA) is 56.8 Å². The summed E-state index contributed by atoms with van der Waals surface area (Å²) in [6, 6.07) is 7.01. The molecule has 0 saturated heterocycles. The predicted octanol–water partition coefficient (Wildman–Crippen LogP) is 3.24. The zero-order valence-corrected chi connectivity index (χ0v) is 14.9. The Balaban J connectivity index is 1.99. The number of aryl methyl sites for hydroxylation is 1. The molecule has 1 N–H and O–H groups in total. The van der Waals surface area contributed by atoms with Gasteiger partial charge in [-0.25, -0.2) is 8.78 Å². The molecule has 0 saturated carbocycles. The first-order chi connectivity index (χ1) is 12.5. The Labute approximate surface area is 150 Å². The van der Waals surface area contributed by atoms with Crippen molar-refractivity contribution < 1.29 is 27.8 Å². The lowest BCUT2D eigenvalue weighted by molar-refractivity contribution is -0.121. The van der Waals surface area contributed by atoms with Crippen molar-refractivity contribution in [2.45, 2.75) is 19.4 Å². The van der Waals surface area contributed by atoms with Crippen LogP contribution in [0.1, 0.15) is 17.5 Å². The number of hydrogen-bond acceptors (Lipinski definition) is 4. The molecule has 7 heteroatoms. The molecule has 0 aliphatic carbocycles. The molecule has 0 aliphatic rings. The number of carbonyl (C=O) groups is 1. The first-order valence-corrected chi connectivity index (χ1v) is 7.98. The molecule has 140 valence electrons. The Morgan fingerprint density at radius 1 is 0.962 bits per heavy atom. The summed E-state index contributed by atoms with van der Waals surface area (Å²) < 4.78 is 41.9. The van der Waals surface area contributed by atoms with Crippen LogP contribution in [0.2, 0.25) is 0 Å². The molecule has 2 aromatic carbocycles. The van der Waals surface area contributed by atoms with Gasteiger partial charge in [0, 0.05) is 18.6 Å². The van der Waals surface area contributed by atoms with E-state index in [1.807, 2.05) is 0 Å². The van der Waals surface area contributed by atoms with E-state index in [1.165, 1.54) is 27.4 Å². The van der Waals surface area contributed by atoms with Crippen LogP contribution in [0.25, 0.3) is 0 Å². The van der Waals surface area contributed by atoms with Crippen LogP contribution in [-0.4, -0.2) is 27.2 Å². The van der Waals surface area contributed by atoms with E-state index < -0.39 is 11.6 Å². The molecule has 0 atom stereocenters. The van der Waals surface area contributed by atoms with Crippen molar-refractivity contribution in [3.63, 3.8) is 0 Å². The Morgan fingerprint density at radius 2 is 1.62 bits per heavy atom. The molecule has 26 heavy (non-hydrogen) atoms. The van der Waals surface area contributed by atoms with Gasteiger partial charge in [-0.2, -0.15) is 0 Å². The summed E-state index contributed by atoms with van der Waals surface area (Å²) in [7, 11) is 4.57. The predicted molar refractivity (Wildman–Crippen MR) is 92.6 cm³/mol. The van der Waals surface area contributed by atoms with Gasteiger partial charge in [0.2, 0.25) is 5.91 Å². The minimum atomic E-state index is -0.921. The number of methoxy groups -OCH3 is 3. The van der Waals surface area contributed by atoms with E-state index in [1.54, 1.807) is 12.1 Å². The summed E-state index contributed by atoms with van der Waals surface area (Å²) in [5.74, 6) is -0.418. The van der Waals surface area contributed by atoms with Gasteiger partial charge in [0.1, 0.15) is 17.2 Å². The highest BCUT2D eigenvalue weighted by Crippen LogP contribution is 2.33. The molecule has 2 aromatic rings. The van der Waals surface area contributed by atoms with E-state index in [0.29, 0.717) is 34.8 Å². The molecule has 0 radical (unpaired) electrons. The fraction of sp³-hybridized carbons (Fsp3) is 0.316. The van der Waals surface area contributed by atoms with Crippen LogP contribution in [0.5, 0.6) is 17.2 Å². The van der Waals surface area contributed by atoms with Crippen LogP contribution in [0, 0.1) is 11.6 Å². The van der Waals surface area contributed by atoms with Crippen molar-refractivity contribution in [3.8, 4) is 17.2 Å². The van der Waals surface area contributed by atoms with Crippen LogP contribution >= 0.6 is 0 Å². The Morgan fingerprint density at radius 3 is 2.15 bits per heavy atom. The average molecular weight is 365 g/mol. The summed E-state index contributed by atoms with van der Waals surface area (Å²) in [5.41, 5.74) is 1.23. The van der Waals surface area contributed by atoms with Crippen molar-refractivity contribution in [1.29, 1.82) is 0 Å². The average Bonchev–Trinajstić information content (AvgIpc) is 2.66. The van der Waals surface area contributed by atoms with Crippen LogP contribution in [0.15, 0.2) is 30.3 Å². The second-order valence-corrected chi connectivity index (χ2v) is 5.54. The van der Waals surface area contributed by atoms with Gasteiger partial charge in [0.15, 0.2) is 11.6 Å². The van der Waals surface area contributed by atoms with E-state index >= 15 is 0 Å². The van der Waals surface area contributed by atoms with Crippen molar-refractivity contribution in [3.05, 3.63) is 53.1 Å². The summed E-state index contributed by atoms with van der Waals surface area (Å²) in [4.78, 5) is 12.1. The molecular formula is C19H21F2NO4. The maximum absolute atomic E-state index is 13.2. The molecule has 0 bridgehead atoms. The maximum atomic E-state index is 13.2. The van der Waals surface area contributed by atoms with Gasteiger partial charge in [-0.05, 0) is 24.1 Å². The number of ether oxygens (including phenoxy) is 3. The fourth-order valence-electron chi connectivity index (χ4n) is 2.48. The van der Waals surface area contributed by atoms with Crippen molar-refractivity contribution in [1.82, 2.24) is 5.32 Å². The highest BCUT2D eigenvalue weighted by Gasteiger charge is 2.14. The molecule has 1 amide bonds. The third-order valence-electron chi connectivity index (χ3n) is 3.90. The zero-order valence-electron chi connectivity index (χ0n) is 14.9. The van der Waals surface area contributed by atoms with E-state index in [-0.39, 0.29) is 18.9 Å². The molecule has 0 aromatic heterocycles. The van der Waals surface area contributed by atoms with Gasteiger partial charge in [-0.1, -0.05) is 6.07 Å². The smallest absolute Gasteiger partial charge is 0.220 e. The van der Waals surface area contributed by atoms with Gasteiger partial charge in [-0.15, -0.1) is 0 Å². The Bertz CT molecular complexity index is 755. The molecule has 0 fully saturated rings. The van der Waals surface area contributed by atoms with Crippen LogP contribution in [0.4, 0.5) is 8.78 Å². The Kier molecular flexibility index (Phi) is 6.77. The first-order valence-electron chi connectivity index (χ1n) is 7.98. The normalized spacial score (nSPS) is 10.3. The summed E-state index contributed by atoms with van der Waals surface area (Å²) >= 11 is 0. The van der Waals surface area contributed by atoms with Crippen LogP contribution in [0.3, 0.4) is 0 Å². The fourth-order valence-corrected chi connectivity index (χ4v) is 2.48. The number of carbonyl (C=O) groups excluding carboxylic acids is 1. The zero-order chi connectivity index (χ0) is 19.1. The van der Waals surface area contributed by atoms with Crippen LogP contribution < -0.4 is 19.5 Å². The number of benzene rings is 2. The van der Waals surface area contributed by atoms with Gasteiger partial charge in [0.25, 0.3) is 0 Å². The number of hydrogen-bond donors (Lipinski definition) is 1. The SMILES string of the molecule is COc1cc(OC)c(CNC(=O)CCc2ccc(F)c(F)c2)c(OC)c1. The lowest BCUT2D eigenvalue weighted by Gasteiger charge is -2.15. The van der Waals surface area contributed by atoms with E-state index in [9.17, 15) is 13.6 Å². The number of halogens is 2. The van der Waals surface area contributed by atoms with Gasteiger partial charge < -0.3 is 19.5 Å². The lowest BCUT2D eigenvalue weighted by Crippen LogP contribution is -2.23. The quantitative estimate of drug-likeness (QED) is 0.780. The minimum absolute atomic E-state index is 0.145. The van der Waals surface area contributed by atoms with Crippen LogP contribution in [-0.2, 0) is 17.8 Å². The largest absolute Gasteiger partial charge is 0.496 e. The second-order valence-electron chi connectivity index (χ2n) is 5.54. The maximum Gasteiger partial charge on any atom is 0.220 e.